The lowest BCUT2D eigenvalue weighted by Crippen LogP contribution is -2.51. The van der Waals surface area contributed by atoms with Gasteiger partial charge in [-0.3, -0.25) is 0 Å². The Morgan fingerprint density at radius 2 is 2.10 bits per heavy atom. The smallest absolute Gasteiger partial charge is 0.0230 e. The maximum atomic E-state index is 3.60. The lowest BCUT2D eigenvalue weighted by atomic mass is 9.68. The van der Waals surface area contributed by atoms with Gasteiger partial charge in [-0.05, 0) is 50.8 Å². The molecule has 1 aliphatic rings. The van der Waals surface area contributed by atoms with Crippen LogP contribution in [0.3, 0.4) is 0 Å². The summed E-state index contributed by atoms with van der Waals surface area (Å²) in [5.74, 6) is 0.758. The van der Waals surface area contributed by atoms with E-state index in [1.807, 2.05) is 0 Å². The Labute approximate surface area is 130 Å². The van der Waals surface area contributed by atoms with Gasteiger partial charge in [0.25, 0.3) is 0 Å². The number of nitrogens with zero attached hydrogens (tertiary/aromatic N) is 1. The molecule has 0 saturated heterocycles. The first kappa shape index (κ1) is 16.5. The highest BCUT2D eigenvalue weighted by atomic mass is 15.1. The summed E-state index contributed by atoms with van der Waals surface area (Å²) in [5.41, 5.74) is 3.20. The van der Waals surface area contributed by atoms with E-state index < -0.39 is 0 Å². The molecule has 1 fully saturated rings. The van der Waals surface area contributed by atoms with Crippen LogP contribution in [0.25, 0.3) is 0 Å². The van der Waals surface area contributed by atoms with Crippen LogP contribution in [0.1, 0.15) is 44.2 Å². The molecule has 1 N–H and O–H groups in total. The zero-order chi connectivity index (χ0) is 15.5. The van der Waals surface area contributed by atoms with Crippen LogP contribution in [0, 0.1) is 18.3 Å². The van der Waals surface area contributed by atoms with Gasteiger partial charge in [-0.25, -0.2) is 0 Å². The molecule has 2 atom stereocenters. The van der Waals surface area contributed by atoms with Crippen LogP contribution >= 0.6 is 0 Å². The van der Waals surface area contributed by atoms with Crippen molar-refractivity contribution in [3.05, 3.63) is 35.4 Å². The third kappa shape index (κ3) is 4.31. The lowest BCUT2D eigenvalue weighted by molar-refractivity contribution is 0.0888. The average molecular weight is 288 g/mol. The largest absolute Gasteiger partial charge is 0.316 e. The molecule has 1 aliphatic carbocycles. The molecular formula is C19H32N2. The van der Waals surface area contributed by atoms with Crippen molar-refractivity contribution in [2.45, 2.75) is 52.6 Å². The summed E-state index contributed by atoms with van der Waals surface area (Å²) in [5, 5.41) is 3.60. The monoisotopic (exact) mass is 288 g/mol. The highest BCUT2D eigenvalue weighted by molar-refractivity contribution is 5.22. The molecule has 0 spiro atoms. The van der Waals surface area contributed by atoms with Gasteiger partial charge in [0.1, 0.15) is 0 Å². The maximum Gasteiger partial charge on any atom is 0.0230 e. The van der Waals surface area contributed by atoms with Gasteiger partial charge in [-0.15, -0.1) is 0 Å². The minimum Gasteiger partial charge on any atom is -0.316 e. The number of rotatable bonds is 5. The van der Waals surface area contributed by atoms with Crippen LogP contribution in [-0.2, 0) is 6.54 Å². The topological polar surface area (TPSA) is 15.3 Å². The van der Waals surface area contributed by atoms with E-state index in [0.717, 1.165) is 12.5 Å². The summed E-state index contributed by atoms with van der Waals surface area (Å²) in [6, 6.07) is 9.51. The second-order valence-electron chi connectivity index (χ2n) is 7.59. The van der Waals surface area contributed by atoms with Gasteiger partial charge in [-0.2, -0.15) is 0 Å². The predicted octanol–water partition coefficient (Wildman–Crippen LogP) is 3.84. The molecule has 0 radical (unpaired) electrons. The van der Waals surface area contributed by atoms with Crippen LogP contribution in [0.15, 0.2) is 24.3 Å². The molecule has 1 aromatic carbocycles. The molecule has 1 aromatic rings. The summed E-state index contributed by atoms with van der Waals surface area (Å²) < 4.78 is 0. The molecule has 0 heterocycles. The fourth-order valence-electron chi connectivity index (χ4n) is 4.19. The molecular weight excluding hydrogens is 256 g/mol. The van der Waals surface area contributed by atoms with E-state index in [-0.39, 0.29) is 0 Å². The van der Waals surface area contributed by atoms with Gasteiger partial charge in [0.15, 0.2) is 0 Å². The lowest BCUT2D eigenvalue weighted by Gasteiger charge is -2.45. The molecule has 2 unspecified atom stereocenters. The Morgan fingerprint density at radius 1 is 1.33 bits per heavy atom. The summed E-state index contributed by atoms with van der Waals surface area (Å²) in [6.07, 6.45) is 4.07. The van der Waals surface area contributed by atoms with Crippen molar-refractivity contribution < 1.29 is 0 Å². The molecule has 21 heavy (non-hydrogen) atoms. The molecule has 0 amide bonds. The van der Waals surface area contributed by atoms with E-state index in [0.29, 0.717) is 11.5 Å². The maximum absolute atomic E-state index is 3.60. The molecule has 0 aliphatic heterocycles. The van der Waals surface area contributed by atoms with Gasteiger partial charge < -0.3 is 10.2 Å². The normalized spacial score (nSPS) is 25.2. The van der Waals surface area contributed by atoms with Crippen LogP contribution in [0.5, 0.6) is 0 Å². The summed E-state index contributed by atoms with van der Waals surface area (Å²) in [7, 11) is 4.39. The van der Waals surface area contributed by atoms with Crippen molar-refractivity contribution in [2.75, 3.05) is 20.6 Å². The van der Waals surface area contributed by atoms with E-state index in [9.17, 15) is 0 Å². The van der Waals surface area contributed by atoms with Crippen LogP contribution in [0.4, 0.5) is 0 Å². The molecule has 118 valence electrons. The first-order valence-electron chi connectivity index (χ1n) is 8.34. The van der Waals surface area contributed by atoms with Crippen LogP contribution in [0.2, 0.25) is 0 Å². The third-order valence-corrected chi connectivity index (χ3v) is 5.10. The zero-order valence-electron chi connectivity index (χ0n) is 14.4. The average Bonchev–Trinajstić information content (AvgIpc) is 2.37. The summed E-state index contributed by atoms with van der Waals surface area (Å²) in [6.45, 7) is 9.24. The Kier molecular flexibility index (Phi) is 5.45. The number of hydrogen-bond acceptors (Lipinski definition) is 2. The first-order valence-corrected chi connectivity index (χ1v) is 8.34. The van der Waals surface area contributed by atoms with Crippen molar-refractivity contribution in [1.29, 1.82) is 0 Å². The van der Waals surface area contributed by atoms with E-state index in [1.54, 1.807) is 0 Å². The number of nitrogens with one attached hydrogen (secondary N) is 1. The molecule has 2 heteroatoms. The molecule has 1 saturated carbocycles. The van der Waals surface area contributed by atoms with Crippen molar-refractivity contribution in [1.82, 2.24) is 10.2 Å². The Morgan fingerprint density at radius 3 is 2.76 bits per heavy atom. The van der Waals surface area contributed by atoms with Gasteiger partial charge in [0, 0.05) is 19.1 Å². The Bertz CT molecular complexity index is 453. The van der Waals surface area contributed by atoms with E-state index >= 15 is 0 Å². The summed E-state index contributed by atoms with van der Waals surface area (Å²) >= 11 is 0. The van der Waals surface area contributed by atoms with Crippen molar-refractivity contribution in [3.63, 3.8) is 0 Å². The van der Waals surface area contributed by atoms with Gasteiger partial charge in [0.05, 0.1) is 0 Å². The highest BCUT2D eigenvalue weighted by Crippen LogP contribution is 2.39. The Hall–Kier alpha value is -0.860. The summed E-state index contributed by atoms with van der Waals surface area (Å²) in [4.78, 5) is 2.49. The quantitative estimate of drug-likeness (QED) is 0.885. The second-order valence-corrected chi connectivity index (χ2v) is 7.59. The van der Waals surface area contributed by atoms with E-state index in [4.69, 9.17) is 0 Å². The first-order chi connectivity index (χ1) is 9.92. The molecule has 2 rings (SSSR count). The van der Waals surface area contributed by atoms with Crippen LogP contribution in [-0.4, -0.2) is 31.6 Å². The fourth-order valence-corrected chi connectivity index (χ4v) is 4.19. The van der Waals surface area contributed by atoms with E-state index in [1.165, 1.54) is 36.9 Å². The standard InChI is InChI=1S/C19H32N2/c1-15-8-6-9-16(12-15)13-21(5)14-17-10-7-11-19(2,3)18(17)20-4/h6,8-9,12,17-18,20H,7,10-11,13-14H2,1-5H3. The SMILES string of the molecule is CNC1C(CN(C)Cc2cccc(C)c2)CCCC1(C)C. The minimum atomic E-state index is 0.418. The predicted molar refractivity (Wildman–Crippen MR) is 91.5 cm³/mol. The zero-order valence-corrected chi connectivity index (χ0v) is 14.4. The molecule has 0 bridgehead atoms. The minimum absolute atomic E-state index is 0.418. The Balaban J connectivity index is 1.96. The van der Waals surface area contributed by atoms with Gasteiger partial charge >= 0.3 is 0 Å². The van der Waals surface area contributed by atoms with E-state index in [2.05, 4.69) is 69.3 Å². The number of hydrogen-bond donors (Lipinski definition) is 1. The fraction of sp³-hybridized carbons (Fsp3) is 0.684. The molecule has 0 aromatic heterocycles. The van der Waals surface area contributed by atoms with Crippen molar-refractivity contribution in [3.8, 4) is 0 Å². The highest BCUT2D eigenvalue weighted by Gasteiger charge is 2.38. The second kappa shape index (κ2) is 6.93. The molecule has 2 nitrogen and oxygen atoms in total. The number of aryl methyl sites for hydroxylation is 1. The van der Waals surface area contributed by atoms with Crippen molar-refractivity contribution >= 4 is 0 Å². The number of benzene rings is 1. The third-order valence-electron chi connectivity index (χ3n) is 5.10. The van der Waals surface area contributed by atoms with Gasteiger partial charge in [0.2, 0.25) is 0 Å². The van der Waals surface area contributed by atoms with Crippen molar-refractivity contribution in [2.24, 2.45) is 11.3 Å². The van der Waals surface area contributed by atoms with Crippen LogP contribution < -0.4 is 5.32 Å². The van der Waals surface area contributed by atoms with Gasteiger partial charge in [-0.1, -0.05) is 50.1 Å².